The molecule has 1 heterocycles. The van der Waals surface area contributed by atoms with Crippen molar-refractivity contribution in [2.45, 2.75) is 44.9 Å². The van der Waals surface area contributed by atoms with Crippen LogP contribution in [-0.2, 0) is 9.59 Å². The van der Waals surface area contributed by atoms with Crippen molar-refractivity contribution in [3.8, 4) is 0 Å². The summed E-state index contributed by atoms with van der Waals surface area (Å²) in [7, 11) is 1.78. The number of carbonyl (C=O) groups excluding carboxylic acids is 2. The summed E-state index contributed by atoms with van der Waals surface area (Å²) in [6.07, 6.45) is 6.68. The second kappa shape index (κ2) is 9.49. The summed E-state index contributed by atoms with van der Waals surface area (Å²) in [4.78, 5) is 29.4. The van der Waals surface area contributed by atoms with Crippen molar-refractivity contribution >= 4 is 17.8 Å². The Balaban J connectivity index is 1.64. The number of guanidine groups is 1. The van der Waals surface area contributed by atoms with Gasteiger partial charge in [-0.15, -0.1) is 0 Å². The molecule has 7 heteroatoms. The predicted octanol–water partition coefficient (Wildman–Crippen LogP) is 0.456. The van der Waals surface area contributed by atoms with Crippen molar-refractivity contribution in [3.63, 3.8) is 0 Å². The minimum absolute atomic E-state index is 0.205. The van der Waals surface area contributed by atoms with Gasteiger partial charge in [-0.3, -0.25) is 14.6 Å². The zero-order chi connectivity index (χ0) is 17.4. The zero-order valence-electron chi connectivity index (χ0n) is 14.7. The Kier molecular flexibility index (Phi) is 7.34. The largest absolute Gasteiger partial charge is 0.370 e. The molecule has 0 radical (unpaired) electrons. The molecular formula is C17H31N5O2. The maximum Gasteiger partial charge on any atom is 0.223 e. The Bertz CT molecular complexity index is 462. The van der Waals surface area contributed by atoms with Gasteiger partial charge in [-0.2, -0.15) is 0 Å². The number of rotatable bonds is 7. The van der Waals surface area contributed by atoms with Crippen LogP contribution in [0.2, 0.25) is 0 Å². The van der Waals surface area contributed by atoms with Crippen LogP contribution in [0, 0.1) is 11.8 Å². The lowest BCUT2D eigenvalue weighted by Gasteiger charge is -2.34. The van der Waals surface area contributed by atoms with Gasteiger partial charge in [0.05, 0.1) is 0 Å². The highest BCUT2D eigenvalue weighted by Gasteiger charge is 2.25. The molecule has 4 N–H and O–H groups in total. The number of piperidine rings is 1. The van der Waals surface area contributed by atoms with E-state index in [-0.39, 0.29) is 17.7 Å². The topological polar surface area (TPSA) is 99.8 Å². The fraction of sp³-hybridized carbons (Fsp3) is 0.824. The van der Waals surface area contributed by atoms with E-state index in [1.165, 1.54) is 6.42 Å². The van der Waals surface area contributed by atoms with Gasteiger partial charge in [-0.25, -0.2) is 0 Å². The van der Waals surface area contributed by atoms with Gasteiger partial charge in [0.15, 0.2) is 5.96 Å². The SMILES string of the molecule is CN=C(NCCCNC(=O)C1CCC1)N1CCCC(CC(N)=O)C1. The van der Waals surface area contributed by atoms with Gasteiger partial charge in [0, 0.05) is 45.6 Å². The Labute approximate surface area is 144 Å². The molecule has 1 atom stereocenters. The molecule has 136 valence electrons. The molecule has 1 saturated carbocycles. The molecular weight excluding hydrogens is 306 g/mol. The van der Waals surface area contributed by atoms with Crippen LogP contribution in [0.15, 0.2) is 4.99 Å². The third-order valence-electron chi connectivity index (χ3n) is 4.93. The van der Waals surface area contributed by atoms with Crippen LogP contribution < -0.4 is 16.4 Å². The van der Waals surface area contributed by atoms with E-state index in [0.29, 0.717) is 18.9 Å². The van der Waals surface area contributed by atoms with E-state index in [1.807, 2.05) is 0 Å². The van der Waals surface area contributed by atoms with Gasteiger partial charge in [0.25, 0.3) is 0 Å². The van der Waals surface area contributed by atoms with Crippen molar-refractivity contribution in [1.82, 2.24) is 15.5 Å². The monoisotopic (exact) mass is 337 g/mol. The first-order valence-corrected chi connectivity index (χ1v) is 9.11. The average Bonchev–Trinajstić information content (AvgIpc) is 2.48. The number of likely N-dealkylation sites (tertiary alicyclic amines) is 1. The van der Waals surface area contributed by atoms with Crippen LogP contribution in [0.25, 0.3) is 0 Å². The van der Waals surface area contributed by atoms with E-state index in [2.05, 4.69) is 20.5 Å². The summed E-state index contributed by atoms with van der Waals surface area (Å²) in [5.74, 6) is 1.41. The van der Waals surface area contributed by atoms with Crippen LogP contribution in [-0.4, -0.2) is 55.9 Å². The first-order valence-electron chi connectivity index (χ1n) is 9.11. The van der Waals surface area contributed by atoms with E-state index >= 15 is 0 Å². The minimum atomic E-state index is -0.230. The molecule has 7 nitrogen and oxygen atoms in total. The number of nitrogens with zero attached hydrogens (tertiary/aromatic N) is 2. The van der Waals surface area contributed by atoms with Crippen LogP contribution >= 0.6 is 0 Å². The molecule has 0 aromatic carbocycles. The van der Waals surface area contributed by atoms with E-state index in [4.69, 9.17) is 5.73 Å². The Hall–Kier alpha value is -1.79. The molecule has 1 aliphatic carbocycles. The van der Waals surface area contributed by atoms with Crippen LogP contribution in [0.4, 0.5) is 0 Å². The van der Waals surface area contributed by atoms with Crippen molar-refractivity contribution in [1.29, 1.82) is 0 Å². The fourth-order valence-electron chi connectivity index (χ4n) is 3.36. The number of hydrogen-bond donors (Lipinski definition) is 3. The molecule has 0 aromatic heterocycles. The maximum absolute atomic E-state index is 11.7. The molecule has 0 bridgehead atoms. The van der Waals surface area contributed by atoms with E-state index < -0.39 is 0 Å². The molecule has 1 aliphatic heterocycles. The van der Waals surface area contributed by atoms with Crippen LogP contribution in [0.1, 0.15) is 44.9 Å². The second-order valence-corrected chi connectivity index (χ2v) is 6.87. The van der Waals surface area contributed by atoms with Gasteiger partial charge in [-0.1, -0.05) is 6.42 Å². The molecule has 1 unspecified atom stereocenters. The highest BCUT2D eigenvalue weighted by atomic mass is 16.2. The van der Waals surface area contributed by atoms with E-state index in [0.717, 1.165) is 57.7 Å². The van der Waals surface area contributed by atoms with Crippen molar-refractivity contribution < 1.29 is 9.59 Å². The van der Waals surface area contributed by atoms with Gasteiger partial charge < -0.3 is 21.3 Å². The smallest absolute Gasteiger partial charge is 0.223 e. The number of primary amides is 1. The number of nitrogens with two attached hydrogens (primary N) is 1. The quantitative estimate of drug-likeness (QED) is 0.357. The highest BCUT2D eigenvalue weighted by Crippen LogP contribution is 2.26. The number of carbonyl (C=O) groups is 2. The third-order valence-corrected chi connectivity index (χ3v) is 4.93. The van der Waals surface area contributed by atoms with Crippen LogP contribution in [0.3, 0.4) is 0 Å². The summed E-state index contributed by atoms with van der Waals surface area (Å²) < 4.78 is 0. The van der Waals surface area contributed by atoms with Crippen molar-refractivity contribution in [3.05, 3.63) is 0 Å². The van der Waals surface area contributed by atoms with Crippen molar-refractivity contribution in [2.75, 3.05) is 33.2 Å². The summed E-state index contributed by atoms with van der Waals surface area (Å²) in [5.41, 5.74) is 5.31. The zero-order valence-corrected chi connectivity index (χ0v) is 14.7. The third kappa shape index (κ3) is 5.69. The molecule has 2 amide bonds. The number of amides is 2. The first-order chi connectivity index (χ1) is 11.6. The Morgan fingerprint density at radius 3 is 2.54 bits per heavy atom. The summed E-state index contributed by atoms with van der Waals surface area (Å²) >= 11 is 0. The van der Waals surface area contributed by atoms with Gasteiger partial charge in [0.1, 0.15) is 0 Å². The molecule has 0 aromatic rings. The fourth-order valence-corrected chi connectivity index (χ4v) is 3.36. The normalized spacial score (nSPS) is 22.0. The van der Waals surface area contributed by atoms with E-state index in [1.54, 1.807) is 7.05 Å². The Morgan fingerprint density at radius 2 is 1.92 bits per heavy atom. The highest BCUT2D eigenvalue weighted by molar-refractivity contribution is 5.80. The lowest BCUT2D eigenvalue weighted by atomic mass is 9.85. The van der Waals surface area contributed by atoms with Crippen molar-refractivity contribution in [2.24, 2.45) is 22.6 Å². The average molecular weight is 337 g/mol. The molecule has 24 heavy (non-hydrogen) atoms. The lowest BCUT2D eigenvalue weighted by Crippen LogP contribution is -2.47. The molecule has 2 rings (SSSR count). The number of nitrogens with one attached hydrogen (secondary N) is 2. The predicted molar refractivity (Wildman–Crippen MR) is 94.4 cm³/mol. The van der Waals surface area contributed by atoms with Gasteiger partial charge in [-0.05, 0) is 38.0 Å². The number of aliphatic imine (C=N–C) groups is 1. The standard InChI is InChI=1S/C17H31N5O2/c1-19-17(22-10-3-5-13(12-22)11-15(18)23)21-9-4-8-20-16(24)14-6-2-7-14/h13-14H,2-12H2,1H3,(H2,18,23)(H,19,21)(H,20,24). The maximum atomic E-state index is 11.7. The summed E-state index contributed by atoms with van der Waals surface area (Å²) in [5, 5.41) is 6.35. The summed E-state index contributed by atoms with van der Waals surface area (Å²) in [6.45, 7) is 3.24. The molecule has 2 aliphatic rings. The molecule has 0 spiro atoms. The second-order valence-electron chi connectivity index (χ2n) is 6.87. The lowest BCUT2D eigenvalue weighted by molar-refractivity contribution is -0.127. The molecule has 1 saturated heterocycles. The number of hydrogen-bond acceptors (Lipinski definition) is 3. The summed E-state index contributed by atoms with van der Waals surface area (Å²) in [6, 6.07) is 0. The van der Waals surface area contributed by atoms with Gasteiger partial charge in [0.2, 0.25) is 11.8 Å². The minimum Gasteiger partial charge on any atom is -0.370 e. The van der Waals surface area contributed by atoms with E-state index in [9.17, 15) is 9.59 Å². The Morgan fingerprint density at radius 1 is 1.17 bits per heavy atom. The van der Waals surface area contributed by atoms with Crippen LogP contribution in [0.5, 0.6) is 0 Å². The first kappa shape index (κ1) is 18.5. The van der Waals surface area contributed by atoms with Gasteiger partial charge >= 0.3 is 0 Å². The molecule has 2 fully saturated rings.